The molecule has 5 atom stereocenters. The Hall–Kier alpha value is -1.96. The molecule has 2 nitrogen and oxygen atoms in total. The second kappa shape index (κ2) is 4.56. The highest BCUT2D eigenvalue weighted by Crippen LogP contribution is 2.76. The van der Waals surface area contributed by atoms with Crippen molar-refractivity contribution >= 4 is 0 Å². The van der Waals surface area contributed by atoms with Crippen LogP contribution in [0.1, 0.15) is 37.8 Å². The third kappa shape index (κ3) is 1.44. The average Bonchev–Trinajstić information content (AvgIpc) is 2.83. The molecule has 3 aliphatic rings. The largest absolute Gasteiger partial charge is 0.186 e. The normalized spacial score (nSPS) is 41.9. The summed E-state index contributed by atoms with van der Waals surface area (Å²) in [6.45, 7) is 4.82. The second-order valence-corrected chi connectivity index (χ2v) is 8.26. The molecule has 1 heterocycles. The summed E-state index contributed by atoms with van der Waals surface area (Å²) in [4.78, 5) is 0. The SMILES string of the molecule is C[C@]1(Cc2ccccc2)[C@@]2(C)N=N[C@@]1(c1ccccc1)[C@H]1CC[C@H]12. The van der Waals surface area contributed by atoms with E-state index in [1.807, 2.05) is 0 Å². The summed E-state index contributed by atoms with van der Waals surface area (Å²) in [7, 11) is 0. The van der Waals surface area contributed by atoms with Crippen molar-refractivity contribution in [1.29, 1.82) is 0 Å². The minimum atomic E-state index is -0.151. The molecule has 2 saturated carbocycles. The molecule has 2 heteroatoms. The third-order valence-corrected chi connectivity index (χ3v) is 7.52. The zero-order chi connectivity index (χ0) is 16.4. The van der Waals surface area contributed by atoms with Gasteiger partial charge in [-0.2, -0.15) is 10.2 Å². The summed E-state index contributed by atoms with van der Waals surface area (Å²) in [6.07, 6.45) is 3.64. The van der Waals surface area contributed by atoms with Crippen molar-refractivity contribution in [3.05, 3.63) is 71.8 Å². The summed E-state index contributed by atoms with van der Waals surface area (Å²) in [5.41, 5.74) is 2.61. The Bertz CT molecular complexity index is 799. The molecule has 2 aliphatic carbocycles. The van der Waals surface area contributed by atoms with Crippen molar-refractivity contribution in [3.8, 4) is 0 Å². The first kappa shape index (κ1) is 14.4. The fraction of sp³-hybridized carbons (Fsp3) is 0.455. The van der Waals surface area contributed by atoms with Crippen molar-refractivity contribution in [2.24, 2.45) is 27.5 Å². The van der Waals surface area contributed by atoms with E-state index in [9.17, 15) is 0 Å². The van der Waals surface area contributed by atoms with Gasteiger partial charge in [0.1, 0.15) is 5.54 Å². The zero-order valence-electron chi connectivity index (χ0n) is 14.4. The smallest absolute Gasteiger partial charge is 0.118 e. The maximum Gasteiger partial charge on any atom is 0.118 e. The molecule has 2 fully saturated rings. The molecule has 1 aliphatic heterocycles. The number of fused-ring (bicyclic) bond motifs is 5. The summed E-state index contributed by atoms with van der Waals surface area (Å²) < 4.78 is 0. The fourth-order valence-corrected chi connectivity index (χ4v) is 6.03. The maximum atomic E-state index is 5.03. The van der Waals surface area contributed by atoms with Crippen molar-refractivity contribution < 1.29 is 0 Å². The zero-order valence-corrected chi connectivity index (χ0v) is 14.4. The van der Waals surface area contributed by atoms with Gasteiger partial charge >= 0.3 is 0 Å². The maximum absolute atomic E-state index is 5.03. The molecule has 24 heavy (non-hydrogen) atoms. The van der Waals surface area contributed by atoms with Crippen LogP contribution in [-0.4, -0.2) is 5.54 Å². The van der Waals surface area contributed by atoms with Crippen LogP contribution in [-0.2, 0) is 12.0 Å². The van der Waals surface area contributed by atoms with E-state index >= 15 is 0 Å². The Kier molecular flexibility index (Phi) is 2.73. The highest BCUT2D eigenvalue weighted by atomic mass is 15.3. The van der Waals surface area contributed by atoms with Gasteiger partial charge in [-0.25, -0.2) is 0 Å². The lowest BCUT2D eigenvalue weighted by molar-refractivity contribution is 0.0898. The quantitative estimate of drug-likeness (QED) is 0.725. The van der Waals surface area contributed by atoms with Gasteiger partial charge in [-0.05, 0) is 49.1 Å². The van der Waals surface area contributed by atoms with Crippen LogP contribution in [0.15, 0.2) is 70.9 Å². The third-order valence-electron chi connectivity index (χ3n) is 7.52. The molecule has 0 N–H and O–H groups in total. The van der Waals surface area contributed by atoms with Crippen LogP contribution in [0.4, 0.5) is 0 Å². The minimum absolute atomic E-state index is 0.0363. The van der Waals surface area contributed by atoms with Gasteiger partial charge < -0.3 is 0 Å². The van der Waals surface area contributed by atoms with Gasteiger partial charge in [0.25, 0.3) is 0 Å². The van der Waals surface area contributed by atoms with E-state index in [1.54, 1.807) is 0 Å². The Labute approximate surface area is 144 Å². The Morgan fingerprint density at radius 2 is 1.46 bits per heavy atom. The van der Waals surface area contributed by atoms with Crippen LogP contribution in [0.25, 0.3) is 0 Å². The number of benzene rings is 2. The first-order valence-electron chi connectivity index (χ1n) is 9.15. The van der Waals surface area contributed by atoms with Gasteiger partial charge in [-0.1, -0.05) is 67.6 Å². The molecule has 0 radical (unpaired) electrons. The fourth-order valence-electron chi connectivity index (χ4n) is 6.03. The number of nitrogens with zero attached hydrogens (tertiary/aromatic N) is 2. The number of hydrogen-bond acceptors (Lipinski definition) is 2. The van der Waals surface area contributed by atoms with Crippen molar-refractivity contribution in [2.75, 3.05) is 0 Å². The van der Waals surface area contributed by atoms with E-state index in [2.05, 4.69) is 74.5 Å². The lowest BCUT2D eigenvalue weighted by Crippen LogP contribution is -2.47. The van der Waals surface area contributed by atoms with Crippen molar-refractivity contribution in [2.45, 2.75) is 44.2 Å². The van der Waals surface area contributed by atoms with E-state index < -0.39 is 0 Å². The highest BCUT2D eigenvalue weighted by molar-refractivity contribution is 5.42. The standard InChI is InChI=1S/C22H24N2/c1-20(15-16-9-5-3-6-10-16)21(2)18-13-14-19(18)22(20,24-23-21)17-11-7-4-8-12-17/h3-12,18-19H,13-15H2,1-2H3/t18-,19+,20+,21+,22+/m1/s1. The molecule has 0 aromatic heterocycles. The van der Waals surface area contributed by atoms with E-state index in [0.29, 0.717) is 11.8 Å². The molecule has 2 aromatic rings. The predicted octanol–water partition coefficient (Wildman–Crippen LogP) is 5.40. The first-order valence-corrected chi connectivity index (χ1v) is 9.15. The van der Waals surface area contributed by atoms with Crippen LogP contribution in [0.2, 0.25) is 0 Å². The van der Waals surface area contributed by atoms with Gasteiger partial charge in [0.2, 0.25) is 0 Å². The summed E-state index contributed by atoms with van der Waals surface area (Å²) in [5.74, 6) is 1.33. The predicted molar refractivity (Wildman–Crippen MR) is 95.8 cm³/mol. The number of hydrogen-bond donors (Lipinski definition) is 0. The van der Waals surface area contributed by atoms with Gasteiger partial charge in [0, 0.05) is 5.41 Å². The molecule has 0 amide bonds. The van der Waals surface area contributed by atoms with Crippen LogP contribution in [0.5, 0.6) is 0 Å². The molecule has 0 saturated heterocycles. The summed E-state index contributed by atoms with van der Waals surface area (Å²) in [6, 6.07) is 21.9. The van der Waals surface area contributed by atoms with E-state index in [-0.39, 0.29) is 16.5 Å². The summed E-state index contributed by atoms with van der Waals surface area (Å²) >= 11 is 0. The molecular formula is C22H24N2. The van der Waals surface area contributed by atoms with Crippen molar-refractivity contribution in [3.63, 3.8) is 0 Å². The van der Waals surface area contributed by atoms with Gasteiger partial charge in [0.05, 0.1) is 5.54 Å². The molecular weight excluding hydrogens is 292 g/mol. The monoisotopic (exact) mass is 316 g/mol. The van der Waals surface area contributed by atoms with Gasteiger partial charge in [-0.15, -0.1) is 0 Å². The summed E-state index contributed by atoms with van der Waals surface area (Å²) in [5, 5.41) is 9.98. The Morgan fingerprint density at radius 1 is 0.833 bits per heavy atom. The van der Waals surface area contributed by atoms with E-state index in [1.165, 1.54) is 24.0 Å². The minimum Gasteiger partial charge on any atom is -0.186 e. The lowest BCUT2D eigenvalue weighted by atomic mass is 9.60. The topological polar surface area (TPSA) is 24.7 Å². The molecule has 2 aromatic carbocycles. The highest BCUT2D eigenvalue weighted by Gasteiger charge is 2.78. The van der Waals surface area contributed by atoms with Crippen LogP contribution >= 0.6 is 0 Å². The van der Waals surface area contributed by atoms with Crippen molar-refractivity contribution in [1.82, 2.24) is 0 Å². The van der Waals surface area contributed by atoms with Gasteiger partial charge in [0.15, 0.2) is 0 Å². The Morgan fingerprint density at radius 3 is 2.08 bits per heavy atom. The number of azo groups is 1. The van der Waals surface area contributed by atoms with Gasteiger partial charge in [-0.3, -0.25) is 0 Å². The Balaban J connectivity index is 1.70. The molecule has 0 spiro atoms. The molecule has 0 unspecified atom stereocenters. The number of rotatable bonds is 3. The molecule has 5 rings (SSSR count). The van der Waals surface area contributed by atoms with Crippen LogP contribution in [0, 0.1) is 17.3 Å². The second-order valence-electron chi connectivity index (χ2n) is 8.26. The van der Waals surface area contributed by atoms with Crippen LogP contribution in [0.3, 0.4) is 0 Å². The average molecular weight is 316 g/mol. The van der Waals surface area contributed by atoms with E-state index in [0.717, 1.165) is 6.42 Å². The lowest BCUT2D eigenvalue weighted by Gasteiger charge is -2.45. The first-order chi connectivity index (χ1) is 11.6. The van der Waals surface area contributed by atoms with Crippen LogP contribution < -0.4 is 0 Å². The molecule has 2 bridgehead atoms. The van der Waals surface area contributed by atoms with E-state index in [4.69, 9.17) is 10.2 Å². The molecule has 122 valence electrons.